The SMILES string of the molecule is O=C(Cn1cnnn1)NCc1cccc(O)c1. The number of phenols is 1. The second-order valence-corrected chi connectivity index (χ2v) is 3.45. The van der Waals surface area contributed by atoms with E-state index >= 15 is 0 Å². The fourth-order valence-corrected chi connectivity index (χ4v) is 1.32. The number of nitrogens with zero attached hydrogens (tertiary/aromatic N) is 4. The molecule has 0 aliphatic rings. The quantitative estimate of drug-likeness (QED) is 0.756. The Labute approximate surface area is 97.1 Å². The van der Waals surface area contributed by atoms with Crippen LogP contribution < -0.4 is 5.32 Å². The van der Waals surface area contributed by atoms with Gasteiger partial charge in [0.15, 0.2) is 0 Å². The number of amides is 1. The molecule has 0 aliphatic carbocycles. The van der Waals surface area contributed by atoms with Crippen LogP contribution in [0.3, 0.4) is 0 Å². The van der Waals surface area contributed by atoms with Gasteiger partial charge in [-0.25, -0.2) is 4.68 Å². The van der Waals surface area contributed by atoms with Crippen LogP contribution in [0.2, 0.25) is 0 Å². The van der Waals surface area contributed by atoms with Crippen LogP contribution in [0.1, 0.15) is 5.56 Å². The Morgan fingerprint density at radius 3 is 3.06 bits per heavy atom. The molecular formula is C10H11N5O2. The molecule has 0 atom stereocenters. The number of carbonyl (C=O) groups excluding carboxylic acids is 1. The van der Waals surface area contributed by atoms with Gasteiger partial charge in [-0.2, -0.15) is 0 Å². The van der Waals surface area contributed by atoms with Crippen molar-refractivity contribution in [3.8, 4) is 5.75 Å². The highest BCUT2D eigenvalue weighted by atomic mass is 16.3. The summed E-state index contributed by atoms with van der Waals surface area (Å²) in [6.45, 7) is 0.432. The number of aromatic nitrogens is 4. The summed E-state index contributed by atoms with van der Waals surface area (Å²) in [5.41, 5.74) is 0.829. The Balaban J connectivity index is 1.84. The van der Waals surface area contributed by atoms with E-state index in [9.17, 15) is 9.90 Å². The monoisotopic (exact) mass is 233 g/mol. The zero-order valence-corrected chi connectivity index (χ0v) is 8.95. The Kier molecular flexibility index (Phi) is 3.29. The van der Waals surface area contributed by atoms with E-state index in [0.29, 0.717) is 6.54 Å². The van der Waals surface area contributed by atoms with Crippen LogP contribution in [0, 0.1) is 0 Å². The lowest BCUT2D eigenvalue weighted by atomic mass is 10.2. The van der Waals surface area contributed by atoms with E-state index in [-0.39, 0.29) is 18.2 Å². The van der Waals surface area contributed by atoms with Crippen molar-refractivity contribution < 1.29 is 9.90 Å². The molecule has 88 valence electrons. The third-order valence-corrected chi connectivity index (χ3v) is 2.10. The van der Waals surface area contributed by atoms with Gasteiger partial charge >= 0.3 is 0 Å². The van der Waals surface area contributed by atoms with Crippen LogP contribution in [0.25, 0.3) is 0 Å². The van der Waals surface area contributed by atoms with E-state index in [1.165, 1.54) is 11.0 Å². The zero-order chi connectivity index (χ0) is 12.1. The highest BCUT2D eigenvalue weighted by Gasteiger charge is 2.03. The minimum absolute atomic E-state index is 0.0752. The highest BCUT2D eigenvalue weighted by molar-refractivity contribution is 5.75. The highest BCUT2D eigenvalue weighted by Crippen LogP contribution is 2.10. The van der Waals surface area contributed by atoms with Crippen LogP contribution in [-0.4, -0.2) is 31.2 Å². The van der Waals surface area contributed by atoms with Gasteiger partial charge in [0, 0.05) is 6.54 Å². The third kappa shape index (κ3) is 3.26. The molecule has 0 bridgehead atoms. The molecule has 0 spiro atoms. The lowest BCUT2D eigenvalue weighted by molar-refractivity contribution is -0.122. The van der Waals surface area contributed by atoms with E-state index in [2.05, 4.69) is 20.8 Å². The van der Waals surface area contributed by atoms with Crippen molar-refractivity contribution in [2.45, 2.75) is 13.1 Å². The van der Waals surface area contributed by atoms with Gasteiger partial charge in [0.1, 0.15) is 18.6 Å². The summed E-state index contributed by atoms with van der Waals surface area (Å²) in [5.74, 6) is -0.0159. The van der Waals surface area contributed by atoms with Crippen molar-refractivity contribution in [2.24, 2.45) is 0 Å². The predicted octanol–water partition coefficient (Wildman–Crippen LogP) is -0.305. The Bertz CT molecular complexity index is 497. The van der Waals surface area contributed by atoms with Gasteiger partial charge in [-0.1, -0.05) is 12.1 Å². The van der Waals surface area contributed by atoms with Crippen molar-refractivity contribution >= 4 is 5.91 Å². The first kappa shape index (κ1) is 11.1. The molecule has 17 heavy (non-hydrogen) atoms. The van der Waals surface area contributed by atoms with Crippen LogP contribution in [0.5, 0.6) is 5.75 Å². The summed E-state index contributed by atoms with van der Waals surface area (Å²) in [6.07, 6.45) is 1.37. The predicted molar refractivity (Wildman–Crippen MR) is 57.8 cm³/mol. The first-order chi connectivity index (χ1) is 8.24. The molecule has 0 saturated heterocycles. The summed E-state index contributed by atoms with van der Waals surface area (Å²) in [6, 6.07) is 6.71. The van der Waals surface area contributed by atoms with Gasteiger partial charge in [0.2, 0.25) is 5.91 Å². The number of nitrogens with one attached hydrogen (secondary N) is 1. The van der Waals surface area contributed by atoms with Gasteiger partial charge in [0.25, 0.3) is 0 Å². The molecule has 2 N–H and O–H groups in total. The molecule has 1 aromatic carbocycles. The van der Waals surface area contributed by atoms with Crippen molar-refractivity contribution in [2.75, 3.05) is 0 Å². The number of aromatic hydroxyl groups is 1. The van der Waals surface area contributed by atoms with Crippen molar-refractivity contribution in [3.05, 3.63) is 36.2 Å². The number of tetrazole rings is 1. The van der Waals surface area contributed by atoms with Crippen molar-refractivity contribution in [1.82, 2.24) is 25.5 Å². The summed E-state index contributed by atoms with van der Waals surface area (Å²) in [4.78, 5) is 11.5. The maximum absolute atomic E-state index is 11.5. The number of hydrogen-bond donors (Lipinski definition) is 2. The molecule has 7 nitrogen and oxygen atoms in total. The largest absolute Gasteiger partial charge is 0.508 e. The molecule has 2 aromatic rings. The molecule has 0 radical (unpaired) electrons. The number of rotatable bonds is 4. The lowest BCUT2D eigenvalue weighted by Gasteiger charge is -2.05. The third-order valence-electron chi connectivity index (χ3n) is 2.10. The summed E-state index contributed by atoms with van der Waals surface area (Å²) in [5, 5.41) is 22.4. The number of carbonyl (C=O) groups is 1. The second kappa shape index (κ2) is 5.06. The summed E-state index contributed by atoms with van der Waals surface area (Å²) in [7, 11) is 0. The Hall–Kier alpha value is -2.44. The van der Waals surface area contributed by atoms with E-state index < -0.39 is 0 Å². The van der Waals surface area contributed by atoms with Crippen LogP contribution >= 0.6 is 0 Å². The molecule has 1 amide bonds. The number of hydrogen-bond acceptors (Lipinski definition) is 5. The van der Waals surface area contributed by atoms with Gasteiger partial charge in [-0.15, -0.1) is 5.10 Å². The summed E-state index contributed by atoms with van der Waals surface area (Å²) < 4.78 is 1.33. The standard InChI is InChI=1S/C10H11N5O2/c16-9-3-1-2-8(4-9)5-11-10(17)6-15-7-12-13-14-15/h1-4,7,16H,5-6H2,(H,11,17). The van der Waals surface area contributed by atoms with Gasteiger partial charge in [-0.05, 0) is 28.1 Å². The van der Waals surface area contributed by atoms with Gasteiger partial charge in [-0.3, -0.25) is 4.79 Å². The molecule has 1 heterocycles. The average Bonchev–Trinajstić information content (AvgIpc) is 2.79. The average molecular weight is 233 g/mol. The van der Waals surface area contributed by atoms with E-state index in [0.717, 1.165) is 5.56 Å². The molecule has 0 aliphatic heterocycles. The first-order valence-corrected chi connectivity index (χ1v) is 4.99. The molecule has 0 saturated carbocycles. The summed E-state index contributed by atoms with van der Waals surface area (Å²) >= 11 is 0. The number of phenolic OH excluding ortho intramolecular Hbond substituents is 1. The van der Waals surface area contributed by atoms with Gasteiger partial charge in [0.05, 0.1) is 0 Å². The van der Waals surface area contributed by atoms with Crippen LogP contribution in [0.4, 0.5) is 0 Å². The van der Waals surface area contributed by atoms with Crippen molar-refractivity contribution in [3.63, 3.8) is 0 Å². The van der Waals surface area contributed by atoms with Crippen LogP contribution in [-0.2, 0) is 17.9 Å². The van der Waals surface area contributed by atoms with E-state index in [1.807, 2.05) is 6.07 Å². The van der Waals surface area contributed by atoms with Crippen LogP contribution in [0.15, 0.2) is 30.6 Å². The fourth-order valence-electron chi connectivity index (χ4n) is 1.32. The van der Waals surface area contributed by atoms with E-state index in [1.54, 1.807) is 18.2 Å². The van der Waals surface area contributed by atoms with E-state index in [4.69, 9.17) is 0 Å². The minimum Gasteiger partial charge on any atom is -0.508 e. The van der Waals surface area contributed by atoms with Gasteiger partial charge < -0.3 is 10.4 Å². The smallest absolute Gasteiger partial charge is 0.242 e. The van der Waals surface area contributed by atoms with Crippen molar-refractivity contribution in [1.29, 1.82) is 0 Å². The molecule has 2 rings (SSSR count). The molecule has 7 heteroatoms. The maximum Gasteiger partial charge on any atom is 0.242 e. The first-order valence-electron chi connectivity index (χ1n) is 4.99. The Morgan fingerprint density at radius 2 is 2.35 bits per heavy atom. The maximum atomic E-state index is 11.5. The molecule has 0 fully saturated rings. The minimum atomic E-state index is -0.194. The fraction of sp³-hybridized carbons (Fsp3) is 0.200. The molecule has 0 unspecified atom stereocenters. The zero-order valence-electron chi connectivity index (χ0n) is 8.95. The molecule has 1 aromatic heterocycles. The lowest BCUT2D eigenvalue weighted by Crippen LogP contribution is -2.27. The number of benzene rings is 1. The topological polar surface area (TPSA) is 92.9 Å². The molecular weight excluding hydrogens is 222 g/mol. The Morgan fingerprint density at radius 1 is 1.47 bits per heavy atom. The normalized spacial score (nSPS) is 10.1. The second-order valence-electron chi connectivity index (χ2n) is 3.45.